The smallest absolute Gasteiger partial charge is 0.174 e. The van der Waals surface area contributed by atoms with E-state index in [1.807, 2.05) is 36.4 Å². The number of carbonyl (C=O) groups excluding carboxylic acids is 1. The Kier molecular flexibility index (Phi) is 3.75. The van der Waals surface area contributed by atoms with Crippen LogP contribution in [0.5, 0.6) is 0 Å². The summed E-state index contributed by atoms with van der Waals surface area (Å²) in [6.07, 6.45) is 4.91. The molecule has 1 aliphatic carbocycles. The summed E-state index contributed by atoms with van der Waals surface area (Å²) in [6, 6.07) is 11.9. The van der Waals surface area contributed by atoms with Crippen LogP contribution in [0.25, 0.3) is 11.3 Å². The molecular weight excluding hydrogens is 274 g/mol. The Hall–Kier alpha value is -2.49. The van der Waals surface area contributed by atoms with Crippen LogP contribution in [-0.4, -0.2) is 22.2 Å². The van der Waals surface area contributed by atoms with E-state index in [-0.39, 0.29) is 11.2 Å². The Morgan fingerprint density at radius 1 is 1.23 bits per heavy atom. The third kappa shape index (κ3) is 3.39. The van der Waals surface area contributed by atoms with Crippen LogP contribution in [0, 0.1) is 5.41 Å². The minimum absolute atomic E-state index is 0.00790. The Morgan fingerprint density at radius 2 is 2.00 bits per heavy atom. The summed E-state index contributed by atoms with van der Waals surface area (Å²) in [5.41, 5.74) is 2.98. The number of aromatic amines is 1. The lowest BCUT2D eigenvalue weighted by Crippen LogP contribution is -2.22. The van der Waals surface area contributed by atoms with Gasteiger partial charge in [-0.25, -0.2) is 4.99 Å². The van der Waals surface area contributed by atoms with Gasteiger partial charge in [-0.15, -0.1) is 0 Å². The summed E-state index contributed by atoms with van der Waals surface area (Å²) in [5, 5.41) is 7.18. The Balaban J connectivity index is 1.77. The summed E-state index contributed by atoms with van der Waals surface area (Å²) in [5.74, 6) is 0.792. The van der Waals surface area contributed by atoms with Gasteiger partial charge in [-0.3, -0.25) is 9.89 Å². The van der Waals surface area contributed by atoms with Crippen LogP contribution < -0.4 is 0 Å². The van der Waals surface area contributed by atoms with E-state index in [9.17, 15) is 4.79 Å². The minimum atomic E-state index is 0.00790. The van der Waals surface area contributed by atoms with Crippen LogP contribution in [0.4, 0.5) is 5.82 Å². The average molecular weight is 293 g/mol. The minimum Gasteiger partial charge on any atom is -0.295 e. The number of ketones is 1. The first-order valence-electron chi connectivity index (χ1n) is 7.40. The third-order valence-corrected chi connectivity index (χ3v) is 3.69. The van der Waals surface area contributed by atoms with E-state index in [4.69, 9.17) is 0 Å². The van der Waals surface area contributed by atoms with Crippen LogP contribution in [0.15, 0.2) is 53.0 Å². The van der Waals surface area contributed by atoms with Gasteiger partial charge < -0.3 is 0 Å². The van der Waals surface area contributed by atoms with Crippen molar-refractivity contribution in [3.05, 3.63) is 48.0 Å². The molecular formula is C18H19N3O. The summed E-state index contributed by atoms with van der Waals surface area (Å²) >= 11 is 0. The molecule has 3 rings (SSSR count). The molecule has 0 unspecified atom stereocenters. The van der Waals surface area contributed by atoms with Gasteiger partial charge in [-0.05, 0) is 29.0 Å². The van der Waals surface area contributed by atoms with E-state index in [2.05, 4.69) is 29.0 Å². The van der Waals surface area contributed by atoms with Crippen molar-refractivity contribution in [1.82, 2.24) is 10.2 Å². The topological polar surface area (TPSA) is 58.1 Å². The fourth-order valence-electron chi connectivity index (χ4n) is 2.77. The number of hydrogen-bond donors (Lipinski definition) is 1. The number of hydrogen-bond acceptors (Lipinski definition) is 3. The first-order valence-corrected chi connectivity index (χ1v) is 7.40. The van der Waals surface area contributed by atoms with E-state index in [0.29, 0.717) is 12.2 Å². The molecule has 1 heterocycles. The Morgan fingerprint density at radius 3 is 2.73 bits per heavy atom. The second-order valence-corrected chi connectivity index (χ2v) is 6.47. The molecule has 0 atom stereocenters. The molecule has 0 bridgehead atoms. The second-order valence-electron chi connectivity index (χ2n) is 6.47. The molecule has 0 radical (unpaired) electrons. The van der Waals surface area contributed by atoms with Gasteiger partial charge in [0.15, 0.2) is 11.6 Å². The van der Waals surface area contributed by atoms with Gasteiger partial charge in [0, 0.05) is 18.7 Å². The Labute approximate surface area is 130 Å². The third-order valence-electron chi connectivity index (χ3n) is 3.69. The lowest BCUT2D eigenvalue weighted by atomic mass is 9.77. The average Bonchev–Trinajstić information content (AvgIpc) is 2.93. The number of allylic oxidation sites excluding steroid dienone is 2. The highest BCUT2D eigenvalue weighted by Crippen LogP contribution is 2.33. The zero-order valence-corrected chi connectivity index (χ0v) is 12.8. The summed E-state index contributed by atoms with van der Waals surface area (Å²) in [6.45, 7) is 4.21. The molecule has 0 amide bonds. The monoisotopic (exact) mass is 293 g/mol. The molecule has 112 valence electrons. The van der Waals surface area contributed by atoms with Crippen LogP contribution in [0.3, 0.4) is 0 Å². The molecule has 0 saturated carbocycles. The zero-order chi connectivity index (χ0) is 15.6. The van der Waals surface area contributed by atoms with Crippen molar-refractivity contribution in [2.24, 2.45) is 10.4 Å². The van der Waals surface area contributed by atoms with Crippen molar-refractivity contribution in [1.29, 1.82) is 0 Å². The van der Waals surface area contributed by atoms with Gasteiger partial charge in [0.1, 0.15) is 0 Å². The molecule has 1 aromatic heterocycles. The molecule has 0 aliphatic heterocycles. The van der Waals surface area contributed by atoms with Gasteiger partial charge in [0.25, 0.3) is 0 Å². The standard InChI is InChI=1S/C18H19N3O/c1-18(2)10-13(8-15(22)11-18)12-19-17-9-16(20-21-17)14-6-4-3-5-7-14/h3-9,12H,10-11H2,1-2H3,(H,20,21). The number of aliphatic imine (C=N–C) groups is 1. The number of carbonyl (C=O) groups is 1. The summed E-state index contributed by atoms with van der Waals surface area (Å²) in [4.78, 5) is 16.1. The SMILES string of the molecule is CC1(C)CC(=O)C=C(C=Nc2cc(-c3ccccc3)[nH]n2)C1. The molecule has 4 nitrogen and oxygen atoms in total. The van der Waals surface area contributed by atoms with E-state index in [1.54, 1.807) is 12.3 Å². The second kappa shape index (κ2) is 5.72. The van der Waals surface area contributed by atoms with Crippen molar-refractivity contribution < 1.29 is 4.79 Å². The fourth-order valence-corrected chi connectivity index (χ4v) is 2.77. The summed E-state index contributed by atoms with van der Waals surface area (Å²) < 4.78 is 0. The predicted octanol–water partition coefficient (Wildman–Crippen LogP) is 4.09. The van der Waals surface area contributed by atoms with Crippen molar-refractivity contribution in [3.8, 4) is 11.3 Å². The number of H-pyrrole nitrogens is 1. The van der Waals surface area contributed by atoms with Crippen LogP contribution in [0.1, 0.15) is 26.7 Å². The molecule has 0 fully saturated rings. The van der Waals surface area contributed by atoms with E-state index in [0.717, 1.165) is 23.3 Å². The first-order chi connectivity index (χ1) is 10.5. The largest absolute Gasteiger partial charge is 0.295 e. The molecule has 22 heavy (non-hydrogen) atoms. The molecule has 1 aromatic carbocycles. The highest BCUT2D eigenvalue weighted by molar-refractivity contribution is 5.98. The van der Waals surface area contributed by atoms with Crippen molar-refractivity contribution in [2.45, 2.75) is 26.7 Å². The van der Waals surface area contributed by atoms with Crippen LogP contribution in [0.2, 0.25) is 0 Å². The number of nitrogens with one attached hydrogen (secondary N) is 1. The Bertz CT molecular complexity index is 739. The number of rotatable bonds is 3. The van der Waals surface area contributed by atoms with Gasteiger partial charge in [0.05, 0.1) is 5.69 Å². The van der Waals surface area contributed by atoms with Gasteiger partial charge in [-0.2, -0.15) is 5.10 Å². The lowest BCUT2D eigenvalue weighted by molar-refractivity contribution is -0.116. The van der Waals surface area contributed by atoms with E-state index in [1.165, 1.54) is 0 Å². The van der Waals surface area contributed by atoms with Crippen molar-refractivity contribution >= 4 is 17.8 Å². The maximum atomic E-state index is 11.7. The lowest BCUT2D eigenvalue weighted by Gasteiger charge is -2.27. The molecule has 1 N–H and O–H groups in total. The molecule has 0 saturated heterocycles. The maximum absolute atomic E-state index is 11.7. The first kappa shape index (κ1) is 14.4. The highest BCUT2D eigenvalue weighted by atomic mass is 16.1. The molecule has 4 heteroatoms. The zero-order valence-electron chi connectivity index (χ0n) is 12.8. The molecule has 1 aliphatic rings. The highest BCUT2D eigenvalue weighted by Gasteiger charge is 2.26. The predicted molar refractivity (Wildman–Crippen MR) is 88.3 cm³/mol. The van der Waals surface area contributed by atoms with E-state index < -0.39 is 0 Å². The van der Waals surface area contributed by atoms with Crippen LogP contribution >= 0.6 is 0 Å². The number of aromatic nitrogens is 2. The summed E-state index contributed by atoms with van der Waals surface area (Å²) in [7, 11) is 0. The van der Waals surface area contributed by atoms with Crippen LogP contribution in [-0.2, 0) is 4.79 Å². The van der Waals surface area contributed by atoms with Gasteiger partial charge in [-0.1, -0.05) is 44.2 Å². The van der Waals surface area contributed by atoms with Gasteiger partial charge in [0.2, 0.25) is 0 Å². The van der Waals surface area contributed by atoms with Gasteiger partial charge >= 0.3 is 0 Å². The molecule has 2 aromatic rings. The molecule has 0 spiro atoms. The van der Waals surface area contributed by atoms with Crippen molar-refractivity contribution in [3.63, 3.8) is 0 Å². The van der Waals surface area contributed by atoms with E-state index >= 15 is 0 Å². The quantitative estimate of drug-likeness (QED) is 0.866. The van der Waals surface area contributed by atoms with Crippen molar-refractivity contribution in [2.75, 3.05) is 0 Å². The fraction of sp³-hybridized carbons (Fsp3) is 0.278. The maximum Gasteiger partial charge on any atom is 0.174 e. The number of nitrogens with zero attached hydrogens (tertiary/aromatic N) is 2. The normalized spacial score (nSPS) is 17.7. The number of benzene rings is 1.